The third kappa shape index (κ3) is 2.54. The van der Waals surface area contributed by atoms with Crippen molar-refractivity contribution in [3.8, 4) is 0 Å². The second kappa shape index (κ2) is 4.96. The van der Waals surface area contributed by atoms with E-state index >= 15 is 0 Å². The molecule has 0 spiro atoms. The van der Waals surface area contributed by atoms with Gasteiger partial charge >= 0.3 is 0 Å². The number of carbonyl (C=O) groups is 1. The van der Waals surface area contributed by atoms with Crippen molar-refractivity contribution >= 4 is 11.7 Å². The van der Waals surface area contributed by atoms with Gasteiger partial charge in [0, 0.05) is 19.7 Å². The number of carbonyl (C=O) groups excluding carboxylic acids is 1. The minimum absolute atomic E-state index is 0.252. The van der Waals surface area contributed by atoms with E-state index in [1.807, 2.05) is 6.92 Å². The predicted molar refractivity (Wildman–Crippen MR) is 65.0 cm³/mol. The summed E-state index contributed by atoms with van der Waals surface area (Å²) in [5.74, 6) is 0.298. The van der Waals surface area contributed by atoms with Crippen LogP contribution in [0.15, 0.2) is 12.3 Å². The highest BCUT2D eigenvalue weighted by atomic mass is 16.2. The lowest BCUT2D eigenvalue weighted by atomic mass is 10.4. The maximum atomic E-state index is 11.9. The van der Waals surface area contributed by atoms with Crippen molar-refractivity contribution in [2.75, 3.05) is 11.9 Å². The van der Waals surface area contributed by atoms with Crippen LogP contribution in [0.2, 0.25) is 0 Å². The van der Waals surface area contributed by atoms with E-state index in [0.717, 1.165) is 5.69 Å². The zero-order chi connectivity index (χ0) is 13.1. The molecule has 1 amide bonds. The fourth-order valence-electron chi connectivity index (χ4n) is 1.55. The highest BCUT2D eigenvalue weighted by Gasteiger charge is 2.13. The van der Waals surface area contributed by atoms with Crippen LogP contribution in [0.1, 0.15) is 16.2 Å². The first-order valence-electron chi connectivity index (χ1n) is 5.52. The Kier molecular flexibility index (Phi) is 3.38. The maximum absolute atomic E-state index is 11.9. The van der Waals surface area contributed by atoms with Crippen molar-refractivity contribution < 1.29 is 4.79 Å². The summed E-state index contributed by atoms with van der Waals surface area (Å²) >= 11 is 0. The molecule has 3 N–H and O–H groups in total. The van der Waals surface area contributed by atoms with Crippen molar-refractivity contribution in [1.82, 2.24) is 24.8 Å². The minimum atomic E-state index is -0.318. The summed E-state index contributed by atoms with van der Waals surface area (Å²) in [5.41, 5.74) is 6.48. The number of amides is 1. The number of aromatic nitrogens is 5. The van der Waals surface area contributed by atoms with E-state index in [1.165, 1.54) is 4.68 Å². The van der Waals surface area contributed by atoms with Crippen LogP contribution >= 0.6 is 0 Å². The molecule has 2 aromatic rings. The molecule has 0 aliphatic rings. The molecule has 2 heterocycles. The Labute approximate surface area is 104 Å². The van der Waals surface area contributed by atoms with Crippen LogP contribution in [0.4, 0.5) is 5.82 Å². The molecule has 0 atom stereocenters. The molecular formula is C10H15N7O. The molecule has 8 heteroatoms. The fraction of sp³-hybridized carbons (Fsp3) is 0.400. The first kappa shape index (κ1) is 12.2. The molecule has 96 valence electrons. The van der Waals surface area contributed by atoms with E-state index in [1.54, 1.807) is 24.0 Å². The number of hydrogen-bond acceptors (Lipinski definition) is 5. The summed E-state index contributed by atoms with van der Waals surface area (Å²) in [6.07, 6.45) is 1.56. The molecule has 0 saturated carbocycles. The van der Waals surface area contributed by atoms with Crippen molar-refractivity contribution in [2.24, 2.45) is 12.8 Å². The summed E-state index contributed by atoms with van der Waals surface area (Å²) in [4.78, 5) is 11.9. The SMILES string of the molecule is Cc1cc(NC(=O)c2cn(CCN)nn2)n(C)n1. The van der Waals surface area contributed by atoms with Crippen molar-refractivity contribution in [2.45, 2.75) is 13.5 Å². The lowest BCUT2D eigenvalue weighted by Crippen LogP contribution is -2.15. The summed E-state index contributed by atoms with van der Waals surface area (Å²) in [5, 5.41) is 14.4. The number of nitrogens with two attached hydrogens (primary N) is 1. The minimum Gasteiger partial charge on any atom is -0.329 e. The average molecular weight is 249 g/mol. The lowest BCUT2D eigenvalue weighted by molar-refractivity contribution is 0.102. The zero-order valence-electron chi connectivity index (χ0n) is 10.3. The van der Waals surface area contributed by atoms with Gasteiger partial charge in [0.2, 0.25) is 0 Å². The smallest absolute Gasteiger partial charge is 0.278 e. The normalized spacial score (nSPS) is 10.6. The van der Waals surface area contributed by atoms with Crippen LogP contribution in [-0.4, -0.2) is 37.2 Å². The quantitative estimate of drug-likeness (QED) is 0.762. The first-order valence-corrected chi connectivity index (χ1v) is 5.52. The van der Waals surface area contributed by atoms with E-state index in [4.69, 9.17) is 5.73 Å². The second-order valence-electron chi connectivity index (χ2n) is 3.90. The Balaban J connectivity index is 2.09. The Morgan fingerprint density at radius 2 is 2.33 bits per heavy atom. The molecule has 8 nitrogen and oxygen atoms in total. The van der Waals surface area contributed by atoms with Gasteiger partial charge in [-0.2, -0.15) is 5.10 Å². The van der Waals surface area contributed by atoms with Crippen LogP contribution in [0.25, 0.3) is 0 Å². The molecule has 0 aliphatic carbocycles. The van der Waals surface area contributed by atoms with Gasteiger partial charge in [-0.1, -0.05) is 5.21 Å². The summed E-state index contributed by atoms with van der Waals surface area (Å²) in [6, 6.07) is 1.78. The highest BCUT2D eigenvalue weighted by molar-refractivity contribution is 6.02. The van der Waals surface area contributed by atoms with Crippen LogP contribution in [0, 0.1) is 6.92 Å². The topological polar surface area (TPSA) is 104 Å². The highest BCUT2D eigenvalue weighted by Crippen LogP contribution is 2.09. The standard InChI is InChI=1S/C10H15N7O/c1-7-5-9(16(2)14-7)12-10(18)8-6-17(4-3-11)15-13-8/h5-6H,3-4,11H2,1-2H3,(H,12,18). The largest absolute Gasteiger partial charge is 0.329 e. The zero-order valence-corrected chi connectivity index (χ0v) is 10.3. The van der Waals surface area contributed by atoms with Gasteiger partial charge in [-0.25, -0.2) is 0 Å². The molecule has 0 aliphatic heterocycles. The molecule has 0 radical (unpaired) electrons. The van der Waals surface area contributed by atoms with Gasteiger partial charge in [0.05, 0.1) is 18.4 Å². The molecule has 0 unspecified atom stereocenters. The molecular weight excluding hydrogens is 234 g/mol. The molecule has 2 rings (SSSR count). The Bertz CT molecular complexity index is 556. The third-order valence-corrected chi connectivity index (χ3v) is 2.37. The molecule has 0 bridgehead atoms. The number of nitrogens with zero attached hydrogens (tertiary/aromatic N) is 5. The van der Waals surface area contributed by atoms with Gasteiger partial charge in [0.1, 0.15) is 5.82 Å². The van der Waals surface area contributed by atoms with Crippen LogP contribution in [0.5, 0.6) is 0 Å². The van der Waals surface area contributed by atoms with Gasteiger partial charge in [-0.3, -0.25) is 14.2 Å². The van der Waals surface area contributed by atoms with Crippen molar-refractivity contribution in [3.05, 3.63) is 23.7 Å². The average Bonchev–Trinajstić information content (AvgIpc) is 2.87. The Morgan fingerprint density at radius 3 is 2.94 bits per heavy atom. The maximum Gasteiger partial charge on any atom is 0.278 e. The fourth-order valence-corrected chi connectivity index (χ4v) is 1.55. The molecule has 18 heavy (non-hydrogen) atoms. The molecule has 0 fully saturated rings. The van der Waals surface area contributed by atoms with E-state index in [2.05, 4.69) is 20.7 Å². The van der Waals surface area contributed by atoms with Gasteiger partial charge in [-0.05, 0) is 6.92 Å². The third-order valence-electron chi connectivity index (χ3n) is 2.37. The summed E-state index contributed by atoms with van der Waals surface area (Å²) in [7, 11) is 1.76. The molecule has 2 aromatic heterocycles. The van der Waals surface area contributed by atoms with E-state index in [9.17, 15) is 4.79 Å². The number of aryl methyl sites for hydroxylation is 2. The number of hydrogen-bond donors (Lipinski definition) is 2. The summed E-state index contributed by atoms with van der Waals surface area (Å²) in [6.45, 7) is 2.84. The van der Waals surface area contributed by atoms with Gasteiger partial charge in [-0.15, -0.1) is 5.10 Å². The summed E-state index contributed by atoms with van der Waals surface area (Å²) < 4.78 is 3.13. The van der Waals surface area contributed by atoms with Gasteiger partial charge < -0.3 is 11.1 Å². The number of rotatable bonds is 4. The second-order valence-corrected chi connectivity index (χ2v) is 3.90. The van der Waals surface area contributed by atoms with Gasteiger partial charge in [0.25, 0.3) is 5.91 Å². The Morgan fingerprint density at radius 1 is 1.56 bits per heavy atom. The van der Waals surface area contributed by atoms with E-state index in [0.29, 0.717) is 18.9 Å². The van der Waals surface area contributed by atoms with Crippen molar-refractivity contribution in [3.63, 3.8) is 0 Å². The predicted octanol–water partition coefficient (Wildman–Crippen LogP) is -0.469. The van der Waals surface area contributed by atoms with Crippen molar-refractivity contribution in [1.29, 1.82) is 0 Å². The van der Waals surface area contributed by atoms with E-state index < -0.39 is 0 Å². The number of nitrogens with one attached hydrogen (secondary N) is 1. The lowest BCUT2D eigenvalue weighted by Gasteiger charge is -2.01. The Hall–Kier alpha value is -2.22. The van der Waals surface area contributed by atoms with E-state index in [-0.39, 0.29) is 11.6 Å². The van der Waals surface area contributed by atoms with Gasteiger partial charge in [0.15, 0.2) is 5.69 Å². The molecule has 0 saturated heterocycles. The monoisotopic (exact) mass is 249 g/mol. The van der Waals surface area contributed by atoms with Crippen LogP contribution in [-0.2, 0) is 13.6 Å². The van der Waals surface area contributed by atoms with Crippen LogP contribution in [0.3, 0.4) is 0 Å². The number of anilines is 1. The van der Waals surface area contributed by atoms with Crippen LogP contribution < -0.4 is 11.1 Å². The first-order chi connectivity index (χ1) is 8.60. The molecule has 0 aromatic carbocycles.